The van der Waals surface area contributed by atoms with E-state index in [1.54, 1.807) is 12.1 Å². The molecule has 1 aliphatic carbocycles. The maximum absolute atomic E-state index is 11.1. The van der Waals surface area contributed by atoms with Crippen LogP contribution in [0, 0.1) is 0 Å². The number of carbonyl (C=O) groups is 1. The van der Waals surface area contributed by atoms with Crippen molar-refractivity contribution in [2.75, 3.05) is 19.6 Å². The molecule has 4 rings (SSSR count). The molecule has 142 valence electrons. The van der Waals surface area contributed by atoms with E-state index >= 15 is 0 Å². The van der Waals surface area contributed by atoms with Crippen LogP contribution in [0.3, 0.4) is 0 Å². The number of nitrogens with two attached hydrogens (primary N) is 1. The average molecular weight is 366 g/mol. The van der Waals surface area contributed by atoms with E-state index in [9.17, 15) is 4.79 Å². The number of pyridine rings is 1. The van der Waals surface area contributed by atoms with Gasteiger partial charge in [-0.25, -0.2) is 15.0 Å². The van der Waals surface area contributed by atoms with Gasteiger partial charge in [0.2, 0.25) is 11.8 Å². The van der Waals surface area contributed by atoms with Gasteiger partial charge < -0.3 is 10.5 Å². The Hall–Kier alpha value is -2.44. The Bertz CT molecular complexity index is 815. The molecule has 1 fully saturated rings. The lowest BCUT2D eigenvalue weighted by Gasteiger charge is -2.36. The number of amides is 1. The number of hydrogen-bond donors (Lipinski definition) is 1. The van der Waals surface area contributed by atoms with Crippen molar-refractivity contribution in [3.8, 4) is 11.6 Å². The van der Waals surface area contributed by atoms with E-state index in [1.807, 2.05) is 6.07 Å². The molecule has 0 spiro atoms. The van der Waals surface area contributed by atoms with Crippen LogP contribution >= 0.6 is 0 Å². The molecule has 1 unspecified atom stereocenters. The topological polar surface area (TPSA) is 71.7 Å². The van der Waals surface area contributed by atoms with E-state index in [1.165, 1.54) is 43.3 Å². The molecule has 0 radical (unpaired) electrons. The Balaban J connectivity index is 1.50. The predicted octanol–water partition coefficient (Wildman–Crippen LogP) is 3.29. The van der Waals surface area contributed by atoms with Crippen LogP contribution in [0.2, 0.25) is 0 Å². The summed E-state index contributed by atoms with van der Waals surface area (Å²) in [6, 6.07) is 10.1. The first-order valence-corrected chi connectivity index (χ1v) is 9.73. The molecule has 2 aromatic rings. The number of primary amides is 1. The second-order valence-corrected chi connectivity index (χ2v) is 7.18. The van der Waals surface area contributed by atoms with Crippen molar-refractivity contribution >= 4 is 5.91 Å². The van der Waals surface area contributed by atoms with Crippen molar-refractivity contribution in [3.63, 3.8) is 0 Å². The minimum atomic E-state index is -0.490. The Morgan fingerprint density at radius 2 is 2.11 bits per heavy atom. The molecule has 1 saturated heterocycles. The van der Waals surface area contributed by atoms with E-state index in [4.69, 9.17) is 10.5 Å². The van der Waals surface area contributed by atoms with E-state index in [0.717, 1.165) is 25.1 Å². The first kappa shape index (κ1) is 17.9. The van der Waals surface area contributed by atoms with Crippen molar-refractivity contribution < 1.29 is 9.53 Å². The fourth-order valence-electron chi connectivity index (χ4n) is 4.23. The quantitative estimate of drug-likeness (QED) is 0.849. The monoisotopic (exact) mass is 366 g/mol. The first-order chi connectivity index (χ1) is 13.2. The molecule has 1 amide bonds. The van der Waals surface area contributed by atoms with E-state index in [0.29, 0.717) is 17.5 Å². The summed E-state index contributed by atoms with van der Waals surface area (Å²) in [5, 5.41) is 5.07. The van der Waals surface area contributed by atoms with Gasteiger partial charge in [0.15, 0.2) is 0 Å². The molecular formula is C21H26N4O2. The number of aryl methyl sites for hydroxylation is 1. The summed E-state index contributed by atoms with van der Waals surface area (Å²) < 4.78 is 5.87. The Morgan fingerprint density at radius 1 is 1.30 bits per heavy atom. The summed E-state index contributed by atoms with van der Waals surface area (Å²) in [5.41, 5.74) is 8.38. The maximum atomic E-state index is 11.1. The first-order valence-electron chi connectivity index (χ1n) is 9.73. The van der Waals surface area contributed by atoms with Gasteiger partial charge in [-0.2, -0.15) is 0 Å². The van der Waals surface area contributed by atoms with Crippen molar-refractivity contribution in [3.05, 3.63) is 53.2 Å². The average Bonchev–Trinajstić information content (AvgIpc) is 3.34. The second kappa shape index (κ2) is 7.66. The number of nitrogens with zero attached hydrogens (tertiary/aromatic N) is 3. The fourth-order valence-corrected chi connectivity index (χ4v) is 4.23. The van der Waals surface area contributed by atoms with Gasteiger partial charge in [0.05, 0.1) is 11.6 Å². The lowest BCUT2D eigenvalue weighted by atomic mass is 10.1. The zero-order chi connectivity index (χ0) is 18.8. The van der Waals surface area contributed by atoms with Crippen LogP contribution in [0.15, 0.2) is 36.5 Å². The zero-order valence-corrected chi connectivity index (χ0v) is 15.7. The highest BCUT2D eigenvalue weighted by molar-refractivity contribution is 5.92. The van der Waals surface area contributed by atoms with Crippen molar-refractivity contribution in [1.29, 1.82) is 0 Å². The molecule has 6 nitrogen and oxygen atoms in total. The molecule has 1 aromatic heterocycles. The third-order valence-electron chi connectivity index (χ3n) is 5.53. The number of hydrogen-bond acceptors (Lipinski definition) is 5. The van der Waals surface area contributed by atoms with E-state index in [2.05, 4.69) is 34.1 Å². The van der Waals surface area contributed by atoms with E-state index < -0.39 is 5.91 Å². The largest absolute Gasteiger partial charge is 0.439 e. The van der Waals surface area contributed by atoms with E-state index in [-0.39, 0.29) is 0 Å². The molecule has 27 heavy (non-hydrogen) atoms. The number of rotatable bonds is 6. The predicted molar refractivity (Wildman–Crippen MR) is 104 cm³/mol. The SMILES string of the molecule is CCN(C1CCc2cc(Oc3ccc(C(N)=O)cn3)ccc21)N1CCCC1. The Morgan fingerprint density at radius 3 is 2.78 bits per heavy atom. The summed E-state index contributed by atoms with van der Waals surface area (Å²) in [5.74, 6) is 0.746. The third kappa shape index (κ3) is 3.68. The molecule has 1 atom stereocenters. The number of aromatic nitrogens is 1. The summed E-state index contributed by atoms with van der Waals surface area (Å²) in [7, 11) is 0. The van der Waals surface area contributed by atoms with Gasteiger partial charge >= 0.3 is 0 Å². The number of ether oxygens (including phenoxy) is 1. The highest BCUT2D eigenvalue weighted by Crippen LogP contribution is 2.39. The summed E-state index contributed by atoms with van der Waals surface area (Å²) in [4.78, 5) is 15.3. The third-order valence-corrected chi connectivity index (χ3v) is 5.53. The van der Waals surface area contributed by atoms with Gasteiger partial charge in [-0.15, -0.1) is 0 Å². The lowest BCUT2D eigenvalue weighted by molar-refractivity contribution is -0.0390. The number of hydrazine groups is 1. The molecule has 1 aromatic carbocycles. The Labute approximate surface area is 159 Å². The van der Waals surface area contributed by atoms with Crippen molar-refractivity contribution in [2.24, 2.45) is 5.73 Å². The van der Waals surface area contributed by atoms with Crippen LogP contribution in [0.25, 0.3) is 0 Å². The summed E-state index contributed by atoms with van der Waals surface area (Å²) in [6.07, 6.45) is 6.25. The molecule has 1 aliphatic heterocycles. The molecule has 2 aliphatic rings. The number of benzene rings is 1. The summed E-state index contributed by atoms with van der Waals surface area (Å²) >= 11 is 0. The van der Waals surface area contributed by atoms with Crippen LogP contribution in [0.4, 0.5) is 0 Å². The van der Waals surface area contributed by atoms with Crippen molar-refractivity contribution in [2.45, 2.75) is 38.6 Å². The highest BCUT2D eigenvalue weighted by Gasteiger charge is 2.31. The van der Waals surface area contributed by atoms with Crippen LogP contribution in [0.1, 0.15) is 53.7 Å². The smallest absolute Gasteiger partial charge is 0.250 e. The number of fused-ring (bicyclic) bond motifs is 1. The van der Waals surface area contributed by atoms with Gasteiger partial charge in [0.1, 0.15) is 5.75 Å². The van der Waals surface area contributed by atoms with Crippen LogP contribution in [-0.2, 0) is 6.42 Å². The maximum Gasteiger partial charge on any atom is 0.250 e. The summed E-state index contributed by atoms with van der Waals surface area (Å²) in [6.45, 7) is 5.63. The van der Waals surface area contributed by atoms with Crippen LogP contribution in [-0.4, -0.2) is 40.5 Å². The fraction of sp³-hybridized carbons (Fsp3) is 0.429. The standard InChI is InChI=1S/C21H26N4O2/c1-2-25(24-11-3-4-12-24)19-9-5-15-13-17(7-8-18(15)19)27-20-10-6-16(14-23-20)21(22)26/h6-8,10,13-14,19H,2-5,9,11-12H2,1H3,(H2,22,26). The number of carbonyl (C=O) groups excluding carboxylic acids is 1. The molecule has 6 heteroatoms. The molecule has 0 saturated carbocycles. The van der Waals surface area contributed by atoms with Gasteiger partial charge in [0.25, 0.3) is 0 Å². The molecule has 0 bridgehead atoms. The van der Waals surface area contributed by atoms with Crippen LogP contribution in [0.5, 0.6) is 11.6 Å². The Kier molecular flexibility index (Phi) is 5.09. The normalized spacial score (nSPS) is 19.4. The minimum Gasteiger partial charge on any atom is -0.439 e. The van der Waals surface area contributed by atoms with Gasteiger partial charge in [-0.3, -0.25) is 4.79 Å². The van der Waals surface area contributed by atoms with Gasteiger partial charge in [-0.1, -0.05) is 13.0 Å². The van der Waals surface area contributed by atoms with Gasteiger partial charge in [0, 0.05) is 31.9 Å². The minimum absolute atomic E-state index is 0.376. The van der Waals surface area contributed by atoms with Crippen LogP contribution < -0.4 is 10.5 Å². The van der Waals surface area contributed by atoms with Gasteiger partial charge in [-0.05, 0) is 55.0 Å². The molecular weight excluding hydrogens is 340 g/mol. The highest BCUT2D eigenvalue weighted by atomic mass is 16.5. The molecule has 2 N–H and O–H groups in total. The van der Waals surface area contributed by atoms with Crippen molar-refractivity contribution in [1.82, 2.24) is 15.0 Å². The zero-order valence-electron chi connectivity index (χ0n) is 15.7. The lowest BCUT2D eigenvalue weighted by Crippen LogP contribution is -2.42. The molecule has 2 heterocycles. The second-order valence-electron chi connectivity index (χ2n) is 7.18.